The molecule has 0 heterocycles. The SMILES string of the molecule is Oc1ccc(CS)c(Cl)c1. The summed E-state index contributed by atoms with van der Waals surface area (Å²) in [6, 6.07) is 4.86. The standard InChI is InChI=1S/C7H7ClOS/c8-7-3-6(9)2-1-5(7)4-10/h1-3,9-10H,4H2. The van der Waals surface area contributed by atoms with Gasteiger partial charge in [0.25, 0.3) is 0 Å². The first-order valence-corrected chi connectivity index (χ1v) is 3.83. The lowest BCUT2D eigenvalue weighted by Crippen LogP contribution is -1.77. The van der Waals surface area contributed by atoms with Crippen LogP contribution in [0.5, 0.6) is 5.75 Å². The number of benzene rings is 1. The predicted octanol–water partition coefficient (Wildman–Crippen LogP) is 2.48. The van der Waals surface area contributed by atoms with Gasteiger partial charge in [-0.05, 0) is 17.7 Å². The molecule has 0 fully saturated rings. The van der Waals surface area contributed by atoms with Gasteiger partial charge in [0.15, 0.2) is 0 Å². The normalized spacial score (nSPS) is 9.80. The topological polar surface area (TPSA) is 20.2 Å². The molecule has 3 heteroatoms. The molecule has 0 atom stereocenters. The van der Waals surface area contributed by atoms with Crippen LogP contribution in [0.15, 0.2) is 18.2 Å². The zero-order valence-corrected chi connectivity index (χ0v) is 6.86. The van der Waals surface area contributed by atoms with E-state index in [-0.39, 0.29) is 5.75 Å². The number of aromatic hydroxyl groups is 1. The average molecular weight is 175 g/mol. The molecule has 10 heavy (non-hydrogen) atoms. The van der Waals surface area contributed by atoms with E-state index in [0.29, 0.717) is 10.8 Å². The molecule has 0 unspecified atom stereocenters. The summed E-state index contributed by atoms with van der Waals surface area (Å²) in [6.45, 7) is 0. The first-order chi connectivity index (χ1) is 4.74. The maximum atomic E-state index is 8.92. The number of phenolic OH excluding ortho intramolecular Hbond substituents is 1. The van der Waals surface area contributed by atoms with Gasteiger partial charge in [0.2, 0.25) is 0 Å². The second kappa shape index (κ2) is 3.17. The van der Waals surface area contributed by atoms with Crippen molar-refractivity contribution in [1.29, 1.82) is 0 Å². The third kappa shape index (κ3) is 1.58. The van der Waals surface area contributed by atoms with Gasteiger partial charge in [-0.15, -0.1) is 0 Å². The van der Waals surface area contributed by atoms with E-state index >= 15 is 0 Å². The first kappa shape index (κ1) is 7.76. The smallest absolute Gasteiger partial charge is 0.117 e. The van der Waals surface area contributed by atoms with Gasteiger partial charge < -0.3 is 5.11 Å². The zero-order valence-electron chi connectivity index (χ0n) is 5.21. The maximum Gasteiger partial charge on any atom is 0.117 e. The van der Waals surface area contributed by atoms with E-state index in [2.05, 4.69) is 12.6 Å². The molecule has 0 spiro atoms. The lowest BCUT2D eigenvalue weighted by atomic mass is 10.2. The van der Waals surface area contributed by atoms with Crippen LogP contribution in [0.4, 0.5) is 0 Å². The number of phenols is 1. The number of rotatable bonds is 1. The van der Waals surface area contributed by atoms with E-state index < -0.39 is 0 Å². The Morgan fingerprint density at radius 2 is 2.20 bits per heavy atom. The van der Waals surface area contributed by atoms with E-state index in [1.165, 1.54) is 6.07 Å². The van der Waals surface area contributed by atoms with Crippen LogP contribution < -0.4 is 0 Å². The van der Waals surface area contributed by atoms with Crippen molar-refractivity contribution < 1.29 is 5.11 Å². The summed E-state index contributed by atoms with van der Waals surface area (Å²) in [7, 11) is 0. The quantitative estimate of drug-likeness (QED) is 0.627. The Morgan fingerprint density at radius 1 is 1.50 bits per heavy atom. The highest BCUT2D eigenvalue weighted by Crippen LogP contribution is 2.22. The fraction of sp³-hybridized carbons (Fsp3) is 0.143. The highest BCUT2D eigenvalue weighted by molar-refractivity contribution is 7.79. The molecule has 1 rings (SSSR count). The molecular weight excluding hydrogens is 168 g/mol. The molecule has 0 saturated heterocycles. The van der Waals surface area contributed by atoms with Crippen molar-refractivity contribution in [2.24, 2.45) is 0 Å². The van der Waals surface area contributed by atoms with Crippen LogP contribution in [0.3, 0.4) is 0 Å². The average Bonchev–Trinajstić information content (AvgIpc) is 1.88. The molecule has 54 valence electrons. The van der Waals surface area contributed by atoms with E-state index in [0.717, 1.165) is 5.56 Å². The molecule has 1 aromatic carbocycles. The summed E-state index contributed by atoms with van der Waals surface area (Å²) in [5.41, 5.74) is 0.933. The molecule has 0 aromatic heterocycles. The highest BCUT2D eigenvalue weighted by Gasteiger charge is 1.97. The Labute approximate surface area is 70.0 Å². The van der Waals surface area contributed by atoms with E-state index in [1.807, 2.05) is 0 Å². The van der Waals surface area contributed by atoms with Gasteiger partial charge in [0.1, 0.15) is 5.75 Å². The van der Waals surface area contributed by atoms with Crippen LogP contribution >= 0.6 is 24.2 Å². The van der Waals surface area contributed by atoms with E-state index in [9.17, 15) is 0 Å². The third-order valence-corrected chi connectivity index (χ3v) is 1.90. The van der Waals surface area contributed by atoms with Gasteiger partial charge in [-0.2, -0.15) is 12.6 Å². The molecule has 1 N–H and O–H groups in total. The van der Waals surface area contributed by atoms with Crippen molar-refractivity contribution in [3.63, 3.8) is 0 Å². The zero-order chi connectivity index (χ0) is 7.56. The van der Waals surface area contributed by atoms with Crippen molar-refractivity contribution in [3.05, 3.63) is 28.8 Å². The van der Waals surface area contributed by atoms with Gasteiger partial charge in [0.05, 0.1) is 0 Å². The van der Waals surface area contributed by atoms with Gasteiger partial charge in [-0.25, -0.2) is 0 Å². The van der Waals surface area contributed by atoms with Crippen LogP contribution in [0.25, 0.3) is 0 Å². The minimum absolute atomic E-state index is 0.190. The fourth-order valence-corrected chi connectivity index (χ4v) is 1.27. The number of hydrogen-bond donors (Lipinski definition) is 2. The summed E-state index contributed by atoms with van der Waals surface area (Å²) < 4.78 is 0. The van der Waals surface area contributed by atoms with Gasteiger partial charge in [0, 0.05) is 10.8 Å². The van der Waals surface area contributed by atoms with Crippen molar-refractivity contribution >= 4 is 24.2 Å². The second-order valence-electron chi connectivity index (χ2n) is 1.93. The monoisotopic (exact) mass is 174 g/mol. The largest absolute Gasteiger partial charge is 0.508 e. The Bertz CT molecular complexity index is 237. The van der Waals surface area contributed by atoms with Crippen molar-refractivity contribution in [1.82, 2.24) is 0 Å². The fourth-order valence-electron chi connectivity index (χ4n) is 0.664. The Balaban J connectivity index is 3.07. The minimum Gasteiger partial charge on any atom is -0.508 e. The molecule has 0 aliphatic rings. The summed E-state index contributed by atoms with van der Waals surface area (Å²) in [5, 5.41) is 9.49. The number of halogens is 1. The molecule has 0 saturated carbocycles. The second-order valence-corrected chi connectivity index (χ2v) is 2.66. The van der Waals surface area contributed by atoms with Crippen LogP contribution in [0.2, 0.25) is 5.02 Å². The van der Waals surface area contributed by atoms with Crippen molar-refractivity contribution in [2.75, 3.05) is 0 Å². The molecule has 0 aliphatic heterocycles. The maximum absolute atomic E-state index is 8.92. The number of thiol groups is 1. The van der Waals surface area contributed by atoms with Crippen molar-refractivity contribution in [3.8, 4) is 5.75 Å². The van der Waals surface area contributed by atoms with Crippen LogP contribution in [-0.2, 0) is 5.75 Å². The Kier molecular flexibility index (Phi) is 2.46. The van der Waals surface area contributed by atoms with E-state index in [4.69, 9.17) is 16.7 Å². The summed E-state index contributed by atoms with van der Waals surface area (Å²) in [4.78, 5) is 0. The Morgan fingerprint density at radius 3 is 2.70 bits per heavy atom. The van der Waals surface area contributed by atoms with Crippen LogP contribution in [0, 0.1) is 0 Å². The molecule has 1 aromatic rings. The highest BCUT2D eigenvalue weighted by atomic mass is 35.5. The lowest BCUT2D eigenvalue weighted by molar-refractivity contribution is 0.475. The molecule has 0 amide bonds. The summed E-state index contributed by atoms with van der Waals surface area (Å²) >= 11 is 9.77. The lowest BCUT2D eigenvalue weighted by Gasteiger charge is -1.98. The van der Waals surface area contributed by atoms with Crippen molar-refractivity contribution in [2.45, 2.75) is 5.75 Å². The van der Waals surface area contributed by atoms with Gasteiger partial charge in [-0.3, -0.25) is 0 Å². The number of hydrogen-bond acceptors (Lipinski definition) is 2. The minimum atomic E-state index is 0.190. The molecule has 0 radical (unpaired) electrons. The first-order valence-electron chi connectivity index (χ1n) is 2.82. The van der Waals surface area contributed by atoms with Crippen LogP contribution in [0.1, 0.15) is 5.56 Å². The van der Waals surface area contributed by atoms with E-state index in [1.54, 1.807) is 12.1 Å². The molecule has 0 bridgehead atoms. The molecule has 0 aliphatic carbocycles. The van der Waals surface area contributed by atoms with Crippen LogP contribution in [-0.4, -0.2) is 5.11 Å². The van der Waals surface area contributed by atoms with Gasteiger partial charge >= 0.3 is 0 Å². The van der Waals surface area contributed by atoms with Gasteiger partial charge in [-0.1, -0.05) is 17.7 Å². The third-order valence-electron chi connectivity index (χ3n) is 1.21. The Hall–Kier alpha value is -0.340. The molecular formula is C7H7ClOS. The predicted molar refractivity (Wildman–Crippen MR) is 45.8 cm³/mol. The summed E-state index contributed by atoms with van der Waals surface area (Å²) in [5.74, 6) is 0.787. The summed E-state index contributed by atoms with van der Waals surface area (Å²) in [6.07, 6.45) is 0. The molecule has 1 nitrogen and oxygen atoms in total.